The third kappa shape index (κ3) is 4.19. The van der Waals surface area contributed by atoms with Crippen molar-refractivity contribution >= 4 is 11.6 Å². The van der Waals surface area contributed by atoms with Crippen LogP contribution in [0, 0.1) is 20.8 Å². The first-order valence-corrected chi connectivity index (χ1v) is 7.67. The van der Waals surface area contributed by atoms with Crippen molar-refractivity contribution in [1.82, 2.24) is 0 Å². The van der Waals surface area contributed by atoms with E-state index in [1.807, 2.05) is 26.8 Å². The number of hydrogen-bond donors (Lipinski definition) is 1. The Morgan fingerprint density at radius 3 is 2.42 bits per heavy atom. The number of methoxy groups -OCH3 is 2. The molecule has 0 heterocycles. The predicted octanol–water partition coefficient (Wildman–Crippen LogP) is 3.65. The molecule has 0 aliphatic rings. The minimum Gasteiger partial charge on any atom is -0.497 e. The van der Waals surface area contributed by atoms with Crippen LogP contribution in [0.2, 0.25) is 0 Å². The summed E-state index contributed by atoms with van der Waals surface area (Å²) in [6.45, 7) is 5.94. The Hall–Kier alpha value is -2.69. The van der Waals surface area contributed by atoms with Gasteiger partial charge in [-0.3, -0.25) is 4.79 Å². The monoisotopic (exact) mass is 329 g/mol. The topological polar surface area (TPSA) is 56.8 Å². The maximum absolute atomic E-state index is 12.2. The second-order valence-corrected chi connectivity index (χ2v) is 5.61. The summed E-state index contributed by atoms with van der Waals surface area (Å²) >= 11 is 0. The van der Waals surface area contributed by atoms with Crippen LogP contribution in [0.1, 0.15) is 16.7 Å². The first kappa shape index (κ1) is 17.7. The molecule has 24 heavy (non-hydrogen) atoms. The van der Waals surface area contributed by atoms with E-state index in [1.54, 1.807) is 32.4 Å². The SMILES string of the molecule is COc1ccc(NC(=O)COc2cc(C)cc(C)c2C)c(OC)c1. The van der Waals surface area contributed by atoms with Gasteiger partial charge in [-0.25, -0.2) is 0 Å². The number of anilines is 1. The second kappa shape index (κ2) is 7.73. The minimum absolute atomic E-state index is 0.0705. The van der Waals surface area contributed by atoms with E-state index in [0.29, 0.717) is 17.2 Å². The first-order valence-electron chi connectivity index (χ1n) is 7.67. The van der Waals surface area contributed by atoms with Gasteiger partial charge in [-0.05, 0) is 55.7 Å². The van der Waals surface area contributed by atoms with Gasteiger partial charge in [-0.15, -0.1) is 0 Å². The lowest BCUT2D eigenvalue weighted by Gasteiger charge is -2.14. The largest absolute Gasteiger partial charge is 0.497 e. The molecule has 128 valence electrons. The number of rotatable bonds is 6. The maximum atomic E-state index is 12.2. The van der Waals surface area contributed by atoms with Crippen LogP contribution in [-0.2, 0) is 4.79 Å². The van der Waals surface area contributed by atoms with Crippen LogP contribution in [0.3, 0.4) is 0 Å². The Balaban J connectivity index is 2.04. The lowest BCUT2D eigenvalue weighted by Crippen LogP contribution is -2.21. The van der Waals surface area contributed by atoms with Gasteiger partial charge in [0.05, 0.1) is 19.9 Å². The molecule has 0 unspecified atom stereocenters. The van der Waals surface area contributed by atoms with Crippen molar-refractivity contribution in [1.29, 1.82) is 0 Å². The van der Waals surface area contributed by atoms with E-state index in [4.69, 9.17) is 14.2 Å². The third-order valence-corrected chi connectivity index (χ3v) is 3.81. The lowest BCUT2D eigenvalue weighted by molar-refractivity contribution is -0.118. The van der Waals surface area contributed by atoms with Crippen molar-refractivity contribution in [3.8, 4) is 17.2 Å². The molecular formula is C19H23NO4. The predicted molar refractivity (Wildman–Crippen MR) is 94.3 cm³/mol. The molecule has 0 bridgehead atoms. The molecule has 0 radical (unpaired) electrons. The average Bonchev–Trinajstić information content (AvgIpc) is 2.57. The van der Waals surface area contributed by atoms with Gasteiger partial charge in [-0.2, -0.15) is 0 Å². The lowest BCUT2D eigenvalue weighted by atomic mass is 10.1. The van der Waals surface area contributed by atoms with Gasteiger partial charge in [-0.1, -0.05) is 6.07 Å². The van der Waals surface area contributed by atoms with Gasteiger partial charge in [0.2, 0.25) is 0 Å². The second-order valence-electron chi connectivity index (χ2n) is 5.61. The summed E-state index contributed by atoms with van der Waals surface area (Å²) in [4.78, 5) is 12.2. The molecular weight excluding hydrogens is 306 g/mol. The van der Waals surface area contributed by atoms with E-state index in [2.05, 4.69) is 11.4 Å². The summed E-state index contributed by atoms with van der Waals surface area (Å²) in [5.74, 6) is 1.67. The summed E-state index contributed by atoms with van der Waals surface area (Å²) in [6.07, 6.45) is 0. The highest BCUT2D eigenvalue weighted by molar-refractivity contribution is 5.93. The number of nitrogens with one attached hydrogen (secondary N) is 1. The summed E-state index contributed by atoms with van der Waals surface area (Å²) < 4.78 is 16.1. The fraction of sp³-hybridized carbons (Fsp3) is 0.316. The van der Waals surface area contributed by atoms with Crippen LogP contribution in [0.15, 0.2) is 30.3 Å². The molecule has 2 rings (SSSR count). The summed E-state index contributed by atoms with van der Waals surface area (Å²) in [5, 5.41) is 2.79. The maximum Gasteiger partial charge on any atom is 0.262 e. The zero-order valence-electron chi connectivity index (χ0n) is 14.7. The number of carbonyl (C=O) groups is 1. The minimum atomic E-state index is -0.253. The van der Waals surface area contributed by atoms with Crippen molar-refractivity contribution in [3.63, 3.8) is 0 Å². The Morgan fingerprint density at radius 2 is 1.75 bits per heavy atom. The van der Waals surface area contributed by atoms with Gasteiger partial charge in [0.15, 0.2) is 6.61 Å². The van der Waals surface area contributed by atoms with Gasteiger partial charge in [0.25, 0.3) is 5.91 Å². The Bertz CT molecular complexity index is 740. The van der Waals surface area contributed by atoms with Gasteiger partial charge >= 0.3 is 0 Å². The van der Waals surface area contributed by atoms with E-state index in [0.717, 1.165) is 22.4 Å². The Morgan fingerprint density at radius 1 is 1.00 bits per heavy atom. The van der Waals surface area contributed by atoms with Crippen molar-refractivity contribution in [3.05, 3.63) is 47.0 Å². The van der Waals surface area contributed by atoms with Crippen LogP contribution in [0.25, 0.3) is 0 Å². The van der Waals surface area contributed by atoms with E-state index in [-0.39, 0.29) is 12.5 Å². The molecule has 0 saturated carbocycles. The highest BCUT2D eigenvalue weighted by atomic mass is 16.5. The zero-order chi connectivity index (χ0) is 17.7. The standard InChI is InChI=1S/C19H23NO4/c1-12-8-13(2)14(3)17(9-12)24-11-19(21)20-16-7-6-15(22-4)10-18(16)23-5/h6-10H,11H2,1-5H3,(H,20,21). The number of amides is 1. The van der Waals surface area contributed by atoms with E-state index in [1.165, 1.54) is 0 Å². The van der Waals surface area contributed by atoms with Gasteiger partial charge in [0, 0.05) is 6.07 Å². The molecule has 1 N–H and O–H groups in total. The normalized spacial score (nSPS) is 10.2. The fourth-order valence-corrected chi connectivity index (χ4v) is 2.38. The molecule has 2 aromatic carbocycles. The van der Waals surface area contributed by atoms with Crippen LogP contribution in [-0.4, -0.2) is 26.7 Å². The van der Waals surface area contributed by atoms with Crippen molar-refractivity contribution in [2.45, 2.75) is 20.8 Å². The van der Waals surface area contributed by atoms with E-state index >= 15 is 0 Å². The quantitative estimate of drug-likeness (QED) is 0.879. The Labute approximate surface area is 142 Å². The van der Waals surface area contributed by atoms with E-state index < -0.39 is 0 Å². The van der Waals surface area contributed by atoms with E-state index in [9.17, 15) is 4.79 Å². The molecule has 0 atom stereocenters. The number of hydrogen-bond acceptors (Lipinski definition) is 4. The number of ether oxygens (including phenoxy) is 3. The summed E-state index contributed by atoms with van der Waals surface area (Å²) in [5.41, 5.74) is 3.85. The summed E-state index contributed by atoms with van der Waals surface area (Å²) in [6, 6.07) is 9.23. The van der Waals surface area contributed by atoms with Crippen LogP contribution in [0.5, 0.6) is 17.2 Å². The number of carbonyl (C=O) groups excluding carboxylic acids is 1. The van der Waals surface area contributed by atoms with Crippen molar-refractivity contribution < 1.29 is 19.0 Å². The van der Waals surface area contributed by atoms with Gasteiger partial charge < -0.3 is 19.5 Å². The molecule has 0 aliphatic heterocycles. The van der Waals surface area contributed by atoms with Crippen LogP contribution in [0.4, 0.5) is 5.69 Å². The molecule has 1 amide bonds. The molecule has 0 saturated heterocycles. The zero-order valence-corrected chi connectivity index (χ0v) is 14.7. The molecule has 0 aliphatic carbocycles. The first-order chi connectivity index (χ1) is 11.4. The van der Waals surface area contributed by atoms with Crippen molar-refractivity contribution in [2.24, 2.45) is 0 Å². The molecule has 0 fully saturated rings. The number of aryl methyl sites for hydroxylation is 2. The molecule has 0 aromatic heterocycles. The molecule has 2 aromatic rings. The fourth-order valence-electron chi connectivity index (χ4n) is 2.38. The highest BCUT2D eigenvalue weighted by Crippen LogP contribution is 2.29. The average molecular weight is 329 g/mol. The van der Waals surface area contributed by atoms with Crippen molar-refractivity contribution in [2.75, 3.05) is 26.1 Å². The smallest absolute Gasteiger partial charge is 0.262 e. The number of benzene rings is 2. The highest BCUT2D eigenvalue weighted by Gasteiger charge is 2.11. The Kier molecular flexibility index (Phi) is 5.68. The van der Waals surface area contributed by atoms with Crippen LogP contribution >= 0.6 is 0 Å². The summed E-state index contributed by atoms with van der Waals surface area (Å²) in [7, 11) is 3.12. The van der Waals surface area contributed by atoms with Gasteiger partial charge in [0.1, 0.15) is 17.2 Å². The molecule has 5 nitrogen and oxygen atoms in total. The third-order valence-electron chi connectivity index (χ3n) is 3.81. The molecule has 5 heteroatoms. The van der Waals surface area contributed by atoms with Crippen LogP contribution < -0.4 is 19.5 Å². The molecule has 0 spiro atoms.